The minimum absolute atomic E-state index is 0.236. The van der Waals surface area contributed by atoms with Crippen LogP contribution in [-0.4, -0.2) is 64.6 Å². The fraction of sp³-hybridized carbons (Fsp3) is 0.778. The van der Waals surface area contributed by atoms with Gasteiger partial charge in [0.25, 0.3) is 0 Å². The smallest absolute Gasteiger partial charge is 0.139 e. The fourth-order valence-corrected chi connectivity index (χ4v) is 1.09. The number of hydrogen-bond acceptors (Lipinski definition) is 8. The summed E-state index contributed by atoms with van der Waals surface area (Å²) < 4.78 is 4.81. The maximum Gasteiger partial charge on any atom is 0.139 e. The number of aliphatic hydroxyl groups is 3. The van der Waals surface area contributed by atoms with E-state index in [-0.39, 0.29) is 6.29 Å². The third-order valence-corrected chi connectivity index (χ3v) is 2.15. The number of rotatable bonds is 8. The van der Waals surface area contributed by atoms with Crippen LogP contribution >= 0.6 is 0 Å². The van der Waals surface area contributed by atoms with Crippen LogP contribution in [0.2, 0.25) is 0 Å². The normalized spacial score (nSPS) is 20.1. The predicted molar refractivity (Wildman–Crippen MR) is 52.5 cm³/mol. The van der Waals surface area contributed by atoms with Gasteiger partial charge in [-0.05, 0) is 6.92 Å². The topological polar surface area (TPSA) is 153 Å². The van der Waals surface area contributed by atoms with Crippen molar-refractivity contribution < 1.29 is 34.8 Å². The third-order valence-electron chi connectivity index (χ3n) is 2.15. The van der Waals surface area contributed by atoms with Crippen LogP contribution < -0.4 is 10.8 Å². The van der Waals surface area contributed by atoms with Gasteiger partial charge in [0.15, 0.2) is 0 Å². The number of hydrogen-bond donors (Lipinski definition) is 4. The van der Waals surface area contributed by atoms with Crippen molar-refractivity contribution in [1.29, 1.82) is 0 Å². The van der Waals surface area contributed by atoms with Crippen LogP contribution in [0.15, 0.2) is 0 Å². The average molecular weight is 250 g/mol. The lowest BCUT2D eigenvalue weighted by molar-refractivity contribution is -0.318. The quantitative estimate of drug-likeness (QED) is 0.316. The van der Waals surface area contributed by atoms with Gasteiger partial charge >= 0.3 is 0 Å². The molecule has 0 heterocycles. The van der Waals surface area contributed by atoms with Crippen molar-refractivity contribution in [3.8, 4) is 0 Å². The molecule has 0 amide bonds. The van der Waals surface area contributed by atoms with Crippen molar-refractivity contribution in [1.82, 2.24) is 0 Å². The lowest BCUT2D eigenvalue weighted by atomic mass is 10.0. The van der Waals surface area contributed by atoms with Crippen LogP contribution in [0.5, 0.6) is 0 Å². The van der Waals surface area contributed by atoms with Gasteiger partial charge in [-0.3, -0.25) is 0 Å². The highest BCUT2D eigenvalue weighted by Gasteiger charge is 2.33. The van der Waals surface area contributed by atoms with Gasteiger partial charge in [-0.15, -0.1) is 0 Å². The first-order valence-electron chi connectivity index (χ1n) is 4.89. The van der Waals surface area contributed by atoms with Gasteiger partial charge < -0.3 is 40.5 Å². The summed E-state index contributed by atoms with van der Waals surface area (Å²) in [6, 6.07) is -1.34. The predicted octanol–water partition coefficient (Wildman–Crippen LogP) is -4.25. The Hall–Kier alpha value is -1.06. The molecule has 100 valence electrons. The SMILES string of the molecule is C[C@@H](O[C@@H]([C@H](O)[C@H](O)CO)[C@@H](N)C=O)C(=O)[O-]. The van der Waals surface area contributed by atoms with E-state index in [4.69, 9.17) is 15.6 Å². The molecular formula is C9H16NO7-. The summed E-state index contributed by atoms with van der Waals surface area (Å²) in [5.74, 6) is -1.56. The molecular weight excluding hydrogens is 234 g/mol. The molecule has 0 saturated heterocycles. The van der Waals surface area contributed by atoms with Crippen LogP contribution in [0.1, 0.15) is 6.92 Å². The van der Waals surface area contributed by atoms with Crippen molar-refractivity contribution >= 4 is 12.3 Å². The standard InChI is InChI=1S/C9H17NO7/c1-4(9(15)16)17-8(5(10)2-11)7(14)6(13)3-12/h2,4-8,12-14H,3,10H2,1H3,(H,15,16)/p-1/t4-,5+,6-,7-,8-/m1/s1. The molecule has 0 fully saturated rings. The largest absolute Gasteiger partial charge is 0.547 e. The summed E-state index contributed by atoms with van der Waals surface area (Å²) in [5.41, 5.74) is 5.30. The Kier molecular flexibility index (Phi) is 6.85. The zero-order valence-electron chi connectivity index (χ0n) is 9.22. The van der Waals surface area contributed by atoms with E-state index in [1.165, 1.54) is 0 Å². The lowest BCUT2D eigenvalue weighted by Gasteiger charge is -2.30. The van der Waals surface area contributed by atoms with Crippen LogP contribution in [0.25, 0.3) is 0 Å². The van der Waals surface area contributed by atoms with Crippen LogP contribution in [0, 0.1) is 0 Å². The number of carboxylic acids is 1. The molecule has 0 aliphatic rings. The first-order valence-corrected chi connectivity index (χ1v) is 4.89. The van der Waals surface area contributed by atoms with E-state index < -0.39 is 43.0 Å². The lowest BCUT2D eigenvalue weighted by Crippen LogP contribution is -2.54. The zero-order chi connectivity index (χ0) is 13.6. The molecule has 0 radical (unpaired) electrons. The number of aliphatic carboxylic acids is 1. The van der Waals surface area contributed by atoms with E-state index in [1.54, 1.807) is 0 Å². The number of carbonyl (C=O) groups excluding carboxylic acids is 2. The summed E-state index contributed by atoms with van der Waals surface area (Å²) in [6.07, 6.45) is -5.93. The van der Waals surface area contributed by atoms with Gasteiger partial charge in [0.1, 0.15) is 24.6 Å². The van der Waals surface area contributed by atoms with E-state index >= 15 is 0 Å². The first kappa shape index (κ1) is 15.9. The van der Waals surface area contributed by atoms with Gasteiger partial charge in [-0.25, -0.2) is 0 Å². The number of ether oxygens (including phenoxy) is 1. The molecule has 0 aliphatic heterocycles. The van der Waals surface area contributed by atoms with Gasteiger partial charge in [0.05, 0.1) is 24.7 Å². The molecule has 0 bridgehead atoms. The number of nitrogens with two attached hydrogens (primary N) is 1. The molecule has 5 N–H and O–H groups in total. The van der Waals surface area contributed by atoms with E-state index in [0.29, 0.717) is 0 Å². The summed E-state index contributed by atoms with van der Waals surface area (Å²) >= 11 is 0. The van der Waals surface area contributed by atoms with E-state index in [2.05, 4.69) is 0 Å². The average Bonchev–Trinajstić information content (AvgIpc) is 2.32. The van der Waals surface area contributed by atoms with Crippen LogP contribution in [-0.2, 0) is 14.3 Å². The molecule has 8 nitrogen and oxygen atoms in total. The highest BCUT2D eigenvalue weighted by Crippen LogP contribution is 2.10. The first-order chi connectivity index (χ1) is 7.84. The Balaban J connectivity index is 4.75. The minimum Gasteiger partial charge on any atom is -0.547 e. The minimum atomic E-state index is -1.69. The molecule has 0 spiro atoms. The third kappa shape index (κ3) is 4.75. The molecule has 0 aromatic carbocycles. The highest BCUT2D eigenvalue weighted by atomic mass is 16.5. The summed E-state index contributed by atoms with van der Waals surface area (Å²) in [6.45, 7) is 0.338. The molecule has 0 aromatic heterocycles. The van der Waals surface area contributed by atoms with Gasteiger partial charge in [-0.2, -0.15) is 0 Å². The molecule has 8 heteroatoms. The maximum absolute atomic E-state index is 10.5. The number of carbonyl (C=O) groups is 2. The second-order valence-corrected chi connectivity index (χ2v) is 3.52. The van der Waals surface area contributed by atoms with Crippen LogP contribution in [0.3, 0.4) is 0 Å². The molecule has 5 atom stereocenters. The number of carboxylic acid groups (broad SMARTS) is 1. The second-order valence-electron chi connectivity index (χ2n) is 3.52. The molecule has 0 saturated carbocycles. The molecule has 0 unspecified atom stereocenters. The fourth-order valence-electron chi connectivity index (χ4n) is 1.09. The van der Waals surface area contributed by atoms with Crippen molar-refractivity contribution in [2.45, 2.75) is 37.4 Å². The Bertz CT molecular complexity index is 260. The van der Waals surface area contributed by atoms with Crippen molar-refractivity contribution in [2.24, 2.45) is 5.73 Å². The molecule has 0 aromatic rings. The van der Waals surface area contributed by atoms with Crippen molar-refractivity contribution in [2.75, 3.05) is 6.61 Å². The number of aldehydes is 1. The van der Waals surface area contributed by atoms with E-state index in [0.717, 1.165) is 6.92 Å². The summed E-state index contributed by atoms with van der Waals surface area (Å²) in [7, 11) is 0. The van der Waals surface area contributed by atoms with E-state index in [9.17, 15) is 24.9 Å². The van der Waals surface area contributed by atoms with Gasteiger partial charge in [0.2, 0.25) is 0 Å². The molecule has 0 aliphatic carbocycles. The van der Waals surface area contributed by atoms with Crippen molar-refractivity contribution in [3.63, 3.8) is 0 Å². The maximum atomic E-state index is 10.5. The zero-order valence-corrected chi connectivity index (χ0v) is 9.22. The molecule has 0 rings (SSSR count). The number of aliphatic hydroxyl groups excluding tert-OH is 3. The van der Waals surface area contributed by atoms with Gasteiger partial charge in [-0.1, -0.05) is 0 Å². The highest BCUT2D eigenvalue weighted by molar-refractivity contribution is 5.69. The summed E-state index contributed by atoms with van der Waals surface area (Å²) in [5, 5.41) is 37.8. The summed E-state index contributed by atoms with van der Waals surface area (Å²) in [4.78, 5) is 20.9. The second kappa shape index (κ2) is 7.30. The van der Waals surface area contributed by atoms with Crippen molar-refractivity contribution in [3.05, 3.63) is 0 Å². The Morgan fingerprint density at radius 1 is 1.53 bits per heavy atom. The molecule has 17 heavy (non-hydrogen) atoms. The monoisotopic (exact) mass is 250 g/mol. The van der Waals surface area contributed by atoms with E-state index in [1.807, 2.05) is 0 Å². The van der Waals surface area contributed by atoms with Crippen LogP contribution in [0.4, 0.5) is 0 Å². The van der Waals surface area contributed by atoms with Gasteiger partial charge in [0, 0.05) is 0 Å². The Morgan fingerprint density at radius 3 is 2.41 bits per heavy atom. The Labute approximate surface area is 97.6 Å². The Morgan fingerprint density at radius 2 is 2.06 bits per heavy atom.